The average Bonchev–Trinajstić information content (AvgIpc) is 3.58. The number of aromatic nitrogens is 1. The molecule has 2 aliphatic rings. The number of carbonyl (C=O) groups is 3. The number of fused-ring (bicyclic) bond motifs is 1. The number of carbonyl (C=O) groups excluding carboxylic acids is 3. The molecule has 38 heavy (non-hydrogen) atoms. The average molecular weight is 532 g/mol. The van der Waals surface area contributed by atoms with Crippen molar-refractivity contribution in [1.82, 2.24) is 9.88 Å². The number of amides is 2. The Labute approximate surface area is 226 Å². The van der Waals surface area contributed by atoms with Gasteiger partial charge in [-0.3, -0.25) is 14.4 Å². The second-order valence-electron chi connectivity index (χ2n) is 10.8. The summed E-state index contributed by atoms with van der Waals surface area (Å²) in [5.74, 6) is -2.03. The molecule has 0 bridgehead atoms. The molecule has 4 atom stereocenters. The second kappa shape index (κ2) is 10.4. The zero-order chi connectivity index (χ0) is 27.1. The van der Waals surface area contributed by atoms with Crippen LogP contribution in [0, 0.1) is 31.6 Å². The number of anilines is 1. The van der Waals surface area contributed by atoms with Crippen LogP contribution in [-0.2, 0) is 16.1 Å². The van der Waals surface area contributed by atoms with E-state index in [1.54, 1.807) is 22.3 Å². The van der Waals surface area contributed by atoms with Crippen molar-refractivity contribution in [2.24, 2.45) is 17.8 Å². The van der Waals surface area contributed by atoms with Gasteiger partial charge in [0.15, 0.2) is 5.78 Å². The third-order valence-electron chi connectivity index (χ3n) is 7.84. The summed E-state index contributed by atoms with van der Waals surface area (Å²) >= 11 is 1.58. The number of aliphatic hydroxyl groups excluding tert-OH is 1. The van der Waals surface area contributed by atoms with Gasteiger partial charge in [-0.2, -0.15) is 0 Å². The fraction of sp³-hybridized carbons (Fsp3) is 0.400. The second-order valence-corrected chi connectivity index (χ2v) is 11.7. The number of aliphatic hydroxyl groups is 1. The molecule has 1 fully saturated rings. The largest absolute Gasteiger partial charge is 0.393 e. The molecule has 8 heteroatoms. The van der Waals surface area contributed by atoms with Crippen LogP contribution in [0.4, 0.5) is 5.69 Å². The van der Waals surface area contributed by atoms with Gasteiger partial charge < -0.3 is 15.3 Å². The van der Waals surface area contributed by atoms with Gasteiger partial charge in [0.2, 0.25) is 5.91 Å². The molecule has 1 aromatic heterocycles. The zero-order valence-electron chi connectivity index (χ0n) is 22.1. The Kier molecular flexibility index (Phi) is 7.20. The molecule has 198 valence electrons. The molecular formula is C30H33N3O4S. The topological polar surface area (TPSA) is 99.6 Å². The standard InChI is InChI=1S/C30H33N3O4S/c1-16(2)26(33-14-20-7-5-6-8-22(20)30(33)37)27(35)23-12-21(34)13-24(23)29(36)32-25-10-9-19(11-17(25)3)28-18(4)31-15-38-28/h5-11,15-16,21,23-24,26,34H,12-14H2,1-4H3,(H,32,36)/t21-,23-,24+,26-/m0/s1. The maximum absolute atomic E-state index is 14.0. The monoisotopic (exact) mass is 531 g/mol. The van der Waals surface area contributed by atoms with Gasteiger partial charge in [0, 0.05) is 23.7 Å². The van der Waals surface area contributed by atoms with E-state index in [1.807, 2.05) is 69.6 Å². The van der Waals surface area contributed by atoms with E-state index >= 15 is 0 Å². The van der Waals surface area contributed by atoms with Gasteiger partial charge >= 0.3 is 0 Å². The maximum Gasteiger partial charge on any atom is 0.255 e. The minimum absolute atomic E-state index is 0.132. The number of hydrogen-bond acceptors (Lipinski definition) is 6. The highest BCUT2D eigenvalue weighted by Gasteiger charge is 2.47. The minimum Gasteiger partial charge on any atom is -0.393 e. The van der Waals surface area contributed by atoms with Crippen molar-refractivity contribution >= 4 is 34.6 Å². The van der Waals surface area contributed by atoms with Gasteiger partial charge in [0.05, 0.1) is 34.1 Å². The van der Waals surface area contributed by atoms with E-state index < -0.39 is 24.0 Å². The lowest BCUT2D eigenvalue weighted by Crippen LogP contribution is -2.48. The Balaban J connectivity index is 1.35. The number of rotatable bonds is 7. The lowest BCUT2D eigenvalue weighted by molar-refractivity contribution is -0.134. The quantitative estimate of drug-likeness (QED) is 0.447. The first-order chi connectivity index (χ1) is 18.2. The number of benzene rings is 2. The van der Waals surface area contributed by atoms with Gasteiger partial charge in [-0.1, -0.05) is 38.1 Å². The van der Waals surface area contributed by atoms with E-state index in [0.717, 1.165) is 27.3 Å². The summed E-state index contributed by atoms with van der Waals surface area (Å²) in [4.78, 5) is 47.7. The first-order valence-corrected chi connectivity index (χ1v) is 14.0. The summed E-state index contributed by atoms with van der Waals surface area (Å²) in [6, 6.07) is 12.6. The van der Waals surface area contributed by atoms with E-state index in [-0.39, 0.29) is 36.4 Å². The maximum atomic E-state index is 14.0. The summed E-state index contributed by atoms with van der Waals surface area (Å²) < 4.78 is 0. The van der Waals surface area contributed by atoms with E-state index in [0.29, 0.717) is 17.8 Å². The Bertz CT molecular complexity index is 1400. The molecule has 0 radical (unpaired) electrons. The highest BCUT2D eigenvalue weighted by atomic mass is 32.1. The molecule has 1 saturated carbocycles. The molecular weight excluding hydrogens is 498 g/mol. The van der Waals surface area contributed by atoms with Crippen molar-refractivity contribution in [3.8, 4) is 10.4 Å². The first kappa shape index (κ1) is 26.3. The van der Waals surface area contributed by atoms with Crippen molar-refractivity contribution in [3.05, 3.63) is 70.4 Å². The summed E-state index contributed by atoms with van der Waals surface area (Å²) in [6.07, 6.45) is -0.299. The van der Waals surface area contributed by atoms with Crippen molar-refractivity contribution < 1.29 is 19.5 Å². The number of ketones is 1. The van der Waals surface area contributed by atoms with E-state index in [4.69, 9.17) is 0 Å². The minimum atomic E-state index is -0.739. The van der Waals surface area contributed by atoms with Gasteiger partial charge in [-0.25, -0.2) is 4.98 Å². The predicted molar refractivity (Wildman–Crippen MR) is 148 cm³/mol. The normalized spacial score (nSPS) is 21.6. The van der Waals surface area contributed by atoms with Gasteiger partial charge in [0.25, 0.3) is 5.91 Å². The Morgan fingerprint density at radius 2 is 1.84 bits per heavy atom. The molecule has 7 nitrogen and oxygen atoms in total. The molecule has 0 spiro atoms. The zero-order valence-corrected chi connectivity index (χ0v) is 22.9. The Morgan fingerprint density at radius 1 is 1.11 bits per heavy atom. The van der Waals surface area contributed by atoms with Crippen molar-refractivity contribution in [1.29, 1.82) is 0 Å². The Morgan fingerprint density at radius 3 is 2.50 bits per heavy atom. The number of thiazole rings is 1. The van der Waals surface area contributed by atoms with Crippen LogP contribution in [0.5, 0.6) is 0 Å². The van der Waals surface area contributed by atoms with Crippen LogP contribution < -0.4 is 5.32 Å². The van der Waals surface area contributed by atoms with Crippen LogP contribution >= 0.6 is 11.3 Å². The molecule has 1 aliphatic carbocycles. The van der Waals surface area contributed by atoms with Crippen molar-refractivity contribution in [3.63, 3.8) is 0 Å². The molecule has 2 amide bonds. The SMILES string of the molecule is Cc1cc(-c2scnc2C)ccc1NC(=O)[C@@H]1C[C@@H](O)C[C@@H]1C(=O)[C@H](C(C)C)N1Cc2ccccc2C1=O. The van der Waals surface area contributed by atoms with Crippen LogP contribution in [0.25, 0.3) is 10.4 Å². The molecule has 3 aromatic rings. The number of aryl methyl sites for hydroxylation is 2. The number of nitrogens with zero attached hydrogens (tertiary/aromatic N) is 2. The fourth-order valence-electron chi connectivity index (χ4n) is 5.93. The van der Waals surface area contributed by atoms with Crippen LogP contribution in [0.15, 0.2) is 48.0 Å². The molecule has 0 unspecified atom stereocenters. The molecule has 0 saturated heterocycles. The van der Waals surface area contributed by atoms with Gasteiger partial charge in [0.1, 0.15) is 0 Å². The third kappa shape index (κ3) is 4.78. The Hall–Kier alpha value is -3.36. The van der Waals surface area contributed by atoms with Crippen molar-refractivity contribution in [2.45, 2.75) is 59.2 Å². The van der Waals surface area contributed by atoms with Crippen LogP contribution in [0.2, 0.25) is 0 Å². The lowest BCUT2D eigenvalue weighted by Gasteiger charge is -2.33. The molecule has 1 aliphatic heterocycles. The van der Waals surface area contributed by atoms with Crippen LogP contribution in [-0.4, -0.2) is 44.7 Å². The number of Topliss-reactive ketones (excluding diaryl/α,β-unsaturated/α-hetero) is 1. The summed E-state index contributed by atoms with van der Waals surface area (Å²) in [7, 11) is 0. The highest BCUT2D eigenvalue weighted by Crippen LogP contribution is 2.38. The summed E-state index contributed by atoms with van der Waals surface area (Å²) in [5.41, 5.74) is 6.94. The highest BCUT2D eigenvalue weighted by molar-refractivity contribution is 7.13. The van der Waals surface area contributed by atoms with E-state index in [1.165, 1.54) is 0 Å². The molecule has 2 N–H and O–H groups in total. The lowest BCUT2D eigenvalue weighted by atomic mass is 9.83. The third-order valence-corrected chi connectivity index (χ3v) is 8.82. The van der Waals surface area contributed by atoms with Crippen LogP contribution in [0.1, 0.15) is 53.9 Å². The van der Waals surface area contributed by atoms with Gasteiger partial charge in [-0.15, -0.1) is 11.3 Å². The van der Waals surface area contributed by atoms with Crippen LogP contribution in [0.3, 0.4) is 0 Å². The smallest absolute Gasteiger partial charge is 0.255 e. The fourth-order valence-corrected chi connectivity index (χ4v) is 6.73. The van der Waals surface area contributed by atoms with Crippen molar-refractivity contribution in [2.75, 3.05) is 5.32 Å². The summed E-state index contributed by atoms with van der Waals surface area (Å²) in [5, 5.41) is 13.5. The molecule has 5 rings (SSSR count). The molecule has 2 heterocycles. The predicted octanol–water partition coefficient (Wildman–Crippen LogP) is 5.00. The van der Waals surface area contributed by atoms with Gasteiger partial charge in [-0.05, 0) is 67.5 Å². The first-order valence-electron chi connectivity index (χ1n) is 13.1. The van der Waals surface area contributed by atoms with E-state index in [2.05, 4.69) is 10.3 Å². The number of nitrogens with one attached hydrogen (secondary N) is 1. The van der Waals surface area contributed by atoms with E-state index in [9.17, 15) is 19.5 Å². The summed E-state index contributed by atoms with van der Waals surface area (Å²) in [6.45, 7) is 8.13. The number of hydrogen-bond donors (Lipinski definition) is 2. The molecule has 2 aromatic carbocycles.